The maximum Gasteiger partial charge on any atom is 0.0329 e. The predicted molar refractivity (Wildman–Crippen MR) is 85.0 cm³/mol. The highest BCUT2D eigenvalue weighted by molar-refractivity contribution is 7.09. The molecule has 2 rings (SSSR count). The minimum Gasteiger partial charge on any atom is -0.309 e. The van der Waals surface area contributed by atoms with Crippen LogP contribution in [-0.4, -0.2) is 35.6 Å². The van der Waals surface area contributed by atoms with E-state index < -0.39 is 0 Å². The summed E-state index contributed by atoms with van der Waals surface area (Å²) in [7, 11) is 0. The molecule has 1 aromatic rings. The molecule has 0 radical (unpaired) electrons. The van der Waals surface area contributed by atoms with Crippen molar-refractivity contribution < 1.29 is 0 Å². The van der Waals surface area contributed by atoms with E-state index in [0.717, 1.165) is 13.1 Å². The van der Waals surface area contributed by atoms with Crippen LogP contribution in [0.3, 0.4) is 0 Å². The molecule has 108 valence electrons. The average Bonchev–Trinajstić information content (AvgIpc) is 2.90. The van der Waals surface area contributed by atoms with Gasteiger partial charge < -0.3 is 5.32 Å². The monoisotopic (exact) mass is 280 g/mol. The second-order valence-corrected chi connectivity index (χ2v) is 7.45. The molecule has 19 heavy (non-hydrogen) atoms. The van der Waals surface area contributed by atoms with Gasteiger partial charge >= 0.3 is 0 Å². The Hall–Kier alpha value is -0.380. The summed E-state index contributed by atoms with van der Waals surface area (Å²) in [6.45, 7) is 12.8. The molecular weight excluding hydrogens is 252 g/mol. The van der Waals surface area contributed by atoms with Gasteiger partial charge in [0.05, 0.1) is 0 Å². The number of nitrogens with zero attached hydrogens (tertiary/aromatic N) is 1. The van der Waals surface area contributed by atoms with Crippen LogP contribution in [0.15, 0.2) is 17.5 Å². The molecule has 1 fully saturated rings. The lowest BCUT2D eigenvalue weighted by Gasteiger charge is -2.52. The third-order valence-corrected chi connectivity index (χ3v) is 5.61. The molecule has 1 aromatic heterocycles. The van der Waals surface area contributed by atoms with Crippen LogP contribution in [0.5, 0.6) is 0 Å². The van der Waals surface area contributed by atoms with E-state index in [9.17, 15) is 0 Å². The van der Waals surface area contributed by atoms with Gasteiger partial charge in [-0.15, -0.1) is 11.3 Å². The summed E-state index contributed by atoms with van der Waals surface area (Å²) in [6.07, 6.45) is 3.66. The summed E-state index contributed by atoms with van der Waals surface area (Å²) in [6, 6.07) is 4.42. The van der Waals surface area contributed by atoms with Crippen molar-refractivity contribution in [2.75, 3.05) is 19.6 Å². The summed E-state index contributed by atoms with van der Waals surface area (Å²) < 4.78 is 0. The Bertz CT molecular complexity index is 379. The molecule has 1 aliphatic heterocycles. The normalized spacial score (nSPS) is 22.5. The molecule has 0 amide bonds. The molecule has 2 nitrogen and oxygen atoms in total. The largest absolute Gasteiger partial charge is 0.309 e. The molecule has 0 atom stereocenters. The highest BCUT2D eigenvalue weighted by Gasteiger charge is 2.41. The summed E-state index contributed by atoms with van der Waals surface area (Å²) in [5.74, 6) is 0. The van der Waals surface area contributed by atoms with Gasteiger partial charge in [-0.2, -0.15) is 0 Å². The molecule has 0 aromatic carbocycles. The summed E-state index contributed by atoms with van der Waals surface area (Å²) in [4.78, 5) is 4.25. The van der Waals surface area contributed by atoms with Crippen LogP contribution in [0.2, 0.25) is 0 Å². The molecule has 0 unspecified atom stereocenters. The van der Waals surface area contributed by atoms with Crippen molar-refractivity contribution >= 4 is 11.3 Å². The van der Waals surface area contributed by atoms with E-state index in [1.807, 2.05) is 11.3 Å². The van der Waals surface area contributed by atoms with Gasteiger partial charge in [0.1, 0.15) is 0 Å². The van der Waals surface area contributed by atoms with E-state index in [4.69, 9.17) is 0 Å². The van der Waals surface area contributed by atoms with E-state index in [0.29, 0.717) is 5.54 Å². The van der Waals surface area contributed by atoms with Crippen LogP contribution in [-0.2, 0) is 6.42 Å². The van der Waals surface area contributed by atoms with E-state index in [1.165, 1.54) is 30.7 Å². The Labute approximate surface area is 122 Å². The zero-order chi connectivity index (χ0) is 13.9. The third-order valence-electron chi connectivity index (χ3n) is 4.68. The number of piperazine rings is 1. The zero-order valence-electron chi connectivity index (χ0n) is 12.8. The van der Waals surface area contributed by atoms with Gasteiger partial charge in [-0.1, -0.05) is 19.9 Å². The van der Waals surface area contributed by atoms with Gasteiger partial charge in [-0.25, -0.2) is 0 Å². The lowest BCUT2D eigenvalue weighted by Crippen LogP contribution is -2.68. The topological polar surface area (TPSA) is 15.3 Å². The zero-order valence-corrected chi connectivity index (χ0v) is 13.6. The van der Waals surface area contributed by atoms with Crippen LogP contribution in [0.4, 0.5) is 0 Å². The maximum atomic E-state index is 3.74. The standard InChI is InChI=1S/C16H28N2S/c1-5-16(6-2)12-17-15(3,4)13-18(16)10-9-14-8-7-11-19-14/h7-8,11,17H,5-6,9-10,12-13H2,1-4H3. The summed E-state index contributed by atoms with van der Waals surface area (Å²) in [5.41, 5.74) is 0.593. The quantitative estimate of drug-likeness (QED) is 0.887. The first-order valence-electron chi connectivity index (χ1n) is 7.54. The van der Waals surface area contributed by atoms with Crippen LogP contribution < -0.4 is 5.32 Å². The summed E-state index contributed by atoms with van der Waals surface area (Å²) >= 11 is 1.88. The molecule has 0 aliphatic carbocycles. The van der Waals surface area contributed by atoms with Crippen molar-refractivity contribution in [3.05, 3.63) is 22.4 Å². The Balaban J connectivity index is 2.06. The maximum absolute atomic E-state index is 3.74. The molecule has 2 heterocycles. The molecule has 0 saturated carbocycles. The number of rotatable bonds is 5. The molecule has 0 spiro atoms. The average molecular weight is 280 g/mol. The van der Waals surface area contributed by atoms with E-state index in [-0.39, 0.29) is 5.54 Å². The number of nitrogens with one attached hydrogen (secondary N) is 1. The fraction of sp³-hybridized carbons (Fsp3) is 0.750. The SMILES string of the molecule is CCC1(CC)CNC(C)(C)CN1CCc1cccs1. The first kappa shape index (κ1) is 15.0. The molecule has 1 aliphatic rings. The number of thiophene rings is 1. The van der Waals surface area contributed by atoms with Crippen molar-refractivity contribution in [1.29, 1.82) is 0 Å². The molecule has 1 saturated heterocycles. The van der Waals surface area contributed by atoms with Crippen LogP contribution >= 0.6 is 11.3 Å². The van der Waals surface area contributed by atoms with Crippen LogP contribution in [0.25, 0.3) is 0 Å². The van der Waals surface area contributed by atoms with E-state index >= 15 is 0 Å². The fourth-order valence-corrected chi connectivity index (χ4v) is 3.88. The van der Waals surface area contributed by atoms with Gasteiger partial charge in [0.25, 0.3) is 0 Å². The smallest absolute Gasteiger partial charge is 0.0329 e. The lowest BCUT2D eigenvalue weighted by molar-refractivity contribution is 0.0100. The molecular formula is C16H28N2S. The second kappa shape index (κ2) is 5.94. The van der Waals surface area contributed by atoms with Crippen molar-refractivity contribution in [1.82, 2.24) is 10.2 Å². The Morgan fingerprint density at radius 3 is 2.63 bits per heavy atom. The fourth-order valence-electron chi connectivity index (χ4n) is 3.18. The Morgan fingerprint density at radius 2 is 2.05 bits per heavy atom. The lowest BCUT2D eigenvalue weighted by atomic mass is 9.84. The predicted octanol–water partition coefficient (Wildman–Crippen LogP) is 3.53. The highest BCUT2D eigenvalue weighted by Crippen LogP contribution is 2.30. The third kappa shape index (κ3) is 3.39. The van der Waals surface area contributed by atoms with Gasteiger partial charge in [-0.05, 0) is 44.6 Å². The highest BCUT2D eigenvalue weighted by atomic mass is 32.1. The first-order chi connectivity index (χ1) is 9.01. The van der Waals surface area contributed by atoms with Crippen molar-refractivity contribution in [3.8, 4) is 0 Å². The van der Waals surface area contributed by atoms with Crippen molar-refractivity contribution in [2.45, 2.75) is 58.0 Å². The van der Waals surface area contributed by atoms with E-state index in [1.54, 1.807) is 0 Å². The first-order valence-corrected chi connectivity index (χ1v) is 8.42. The molecule has 3 heteroatoms. The van der Waals surface area contributed by atoms with Gasteiger partial charge in [0.15, 0.2) is 0 Å². The second-order valence-electron chi connectivity index (χ2n) is 6.42. The van der Waals surface area contributed by atoms with Crippen LogP contribution in [0, 0.1) is 0 Å². The van der Waals surface area contributed by atoms with Crippen molar-refractivity contribution in [2.24, 2.45) is 0 Å². The van der Waals surface area contributed by atoms with Crippen molar-refractivity contribution in [3.63, 3.8) is 0 Å². The Kier molecular flexibility index (Phi) is 4.70. The summed E-state index contributed by atoms with van der Waals surface area (Å²) in [5, 5.41) is 5.92. The van der Waals surface area contributed by atoms with Gasteiger partial charge in [0.2, 0.25) is 0 Å². The number of hydrogen-bond acceptors (Lipinski definition) is 3. The van der Waals surface area contributed by atoms with Gasteiger partial charge in [-0.3, -0.25) is 4.90 Å². The van der Waals surface area contributed by atoms with Crippen LogP contribution in [0.1, 0.15) is 45.4 Å². The van der Waals surface area contributed by atoms with E-state index in [2.05, 4.69) is 55.4 Å². The Morgan fingerprint density at radius 1 is 1.32 bits per heavy atom. The minimum absolute atomic E-state index is 0.239. The molecule has 1 N–H and O–H groups in total. The van der Waals surface area contributed by atoms with Gasteiger partial charge in [0, 0.05) is 35.6 Å². The number of hydrogen-bond donors (Lipinski definition) is 1. The molecule has 0 bridgehead atoms. The minimum atomic E-state index is 0.239.